The Morgan fingerprint density at radius 2 is 2.11 bits per heavy atom. The van der Waals surface area contributed by atoms with E-state index in [2.05, 4.69) is 29.2 Å². The van der Waals surface area contributed by atoms with Crippen molar-refractivity contribution in [3.8, 4) is 0 Å². The Labute approximate surface area is 110 Å². The number of rotatable bonds is 3. The third-order valence-corrected chi connectivity index (χ3v) is 5.01. The predicted octanol–water partition coefficient (Wildman–Crippen LogP) is 1.66. The van der Waals surface area contributed by atoms with Gasteiger partial charge in [0.2, 0.25) is 0 Å². The van der Waals surface area contributed by atoms with Crippen LogP contribution in [0.1, 0.15) is 38.5 Å². The minimum Gasteiger partial charge on any atom is -0.335 e. The standard InChI is InChI=1S/C14H25N3O/c1-16(2)10-11-8-14(9-11)6-7-17(14)13(18)15-12-4-3-5-12/h11-12H,3-10H2,1-2H3,(H,15,18). The summed E-state index contributed by atoms with van der Waals surface area (Å²) in [6, 6.07) is 0.669. The maximum absolute atomic E-state index is 12.2. The van der Waals surface area contributed by atoms with Crippen molar-refractivity contribution in [1.29, 1.82) is 0 Å². The molecule has 2 saturated carbocycles. The Morgan fingerprint density at radius 1 is 1.39 bits per heavy atom. The zero-order valence-electron chi connectivity index (χ0n) is 11.6. The van der Waals surface area contributed by atoms with E-state index in [1.165, 1.54) is 45.1 Å². The number of carbonyl (C=O) groups is 1. The number of amides is 2. The molecule has 2 amide bonds. The third-order valence-electron chi connectivity index (χ3n) is 5.01. The van der Waals surface area contributed by atoms with Gasteiger partial charge in [-0.05, 0) is 58.5 Å². The van der Waals surface area contributed by atoms with Gasteiger partial charge in [0.15, 0.2) is 0 Å². The van der Waals surface area contributed by atoms with Crippen molar-refractivity contribution in [2.45, 2.75) is 50.1 Å². The highest BCUT2D eigenvalue weighted by Crippen LogP contribution is 2.50. The lowest BCUT2D eigenvalue weighted by Crippen LogP contribution is -2.71. The first-order valence-corrected chi connectivity index (χ1v) is 7.32. The van der Waals surface area contributed by atoms with Gasteiger partial charge in [-0.15, -0.1) is 0 Å². The van der Waals surface area contributed by atoms with Crippen molar-refractivity contribution in [2.24, 2.45) is 5.92 Å². The van der Waals surface area contributed by atoms with Gasteiger partial charge in [0.05, 0.1) is 0 Å². The molecule has 1 heterocycles. The monoisotopic (exact) mass is 251 g/mol. The van der Waals surface area contributed by atoms with Crippen LogP contribution < -0.4 is 5.32 Å². The molecule has 3 fully saturated rings. The van der Waals surface area contributed by atoms with E-state index in [0.717, 1.165) is 12.5 Å². The van der Waals surface area contributed by atoms with E-state index < -0.39 is 0 Å². The summed E-state index contributed by atoms with van der Waals surface area (Å²) in [5.74, 6) is 0.791. The van der Waals surface area contributed by atoms with Gasteiger partial charge in [-0.25, -0.2) is 4.79 Å². The van der Waals surface area contributed by atoms with Crippen LogP contribution in [0.25, 0.3) is 0 Å². The SMILES string of the molecule is CN(C)CC1CC2(CCN2C(=O)NC2CCC2)C1. The molecule has 102 valence electrons. The number of urea groups is 1. The highest BCUT2D eigenvalue weighted by atomic mass is 16.2. The summed E-state index contributed by atoms with van der Waals surface area (Å²) in [5.41, 5.74) is 0.245. The van der Waals surface area contributed by atoms with Gasteiger partial charge in [-0.1, -0.05) is 0 Å². The van der Waals surface area contributed by atoms with Crippen LogP contribution in [-0.4, -0.2) is 54.6 Å². The average molecular weight is 251 g/mol. The molecule has 3 aliphatic rings. The maximum Gasteiger partial charge on any atom is 0.318 e. The van der Waals surface area contributed by atoms with Gasteiger partial charge < -0.3 is 15.1 Å². The average Bonchev–Trinajstić information content (AvgIpc) is 2.14. The molecule has 2 aliphatic carbocycles. The minimum atomic E-state index is 0.203. The Balaban J connectivity index is 1.48. The van der Waals surface area contributed by atoms with Crippen molar-refractivity contribution >= 4 is 6.03 Å². The molecule has 1 spiro atoms. The lowest BCUT2D eigenvalue weighted by molar-refractivity contribution is -0.0774. The molecule has 1 saturated heterocycles. The number of likely N-dealkylation sites (tertiary alicyclic amines) is 1. The lowest BCUT2D eigenvalue weighted by Gasteiger charge is -2.62. The van der Waals surface area contributed by atoms with Crippen molar-refractivity contribution in [2.75, 3.05) is 27.2 Å². The van der Waals surface area contributed by atoms with Gasteiger partial charge in [-0.2, -0.15) is 0 Å². The summed E-state index contributed by atoms with van der Waals surface area (Å²) in [4.78, 5) is 16.5. The molecule has 0 aromatic heterocycles. The molecule has 0 aromatic rings. The molecule has 0 atom stereocenters. The summed E-state index contributed by atoms with van der Waals surface area (Å²) in [5, 5.41) is 3.17. The van der Waals surface area contributed by atoms with Crippen LogP contribution in [0.2, 0.25) is 0 Å². The second kappa shape index (κ2) is 4.41. The van der Waals surface area contributed by atoms with Gasteiger partial charge in [0, 0.05) is 24.7 Å². The minimum absolute atomic E-state index is 0.203. The number of hydrogen-bond donors (Lipinski definition) is 1. The molecule has 4 nitrogen and oxygen atoms in total. The first kappa shape index (κ1) is 12.3. The van der Waals surface area contributed by atoms with E-state index in [4.69, 9.17) is 0 Å². The second-order valence-corrected chi connectivity index (χ2v) is 6.74. The van der Waals surface area contributed by atoms with Crippen molar-refractivity contribution in [3.63, 3.8) is 0 Å². The van der Waals surface area contributed by atoms with Crippen LogP contribution in [0.4, 0.5) is 4.79 Å². The van der Waals surface area contributed by atoms with E-state index in [9.17, 15) is 4.79 Å². The molecular weight excluding hydrogens is 226 g/mol. The van der Waals surface area contributed by atoms with Crippen molar-refractivity contribution < 1.29 is 4.79 Å². The van der Waals surface area contributed by atoms with Gasteiger partial charge in [-0.3, -0.25) is 0 Å². The maximum atomic E-state index is 12.2. The summed E-state index contributed by atoms with van der Waals surface area (Å²) in [6.45, 7) is 2.13. The molecule has 0 bridgehead atoms. The molecule has 3 rings (SSSR count). The topological polar surface area (TPSA) is 35.6 Å². The number of hydrogen-bond acceptors (Lipinski definition) is 2. The summed E-state index contributed by atoms with van der Waals surface area (Å²) >= 11 is 0. The second-order valence-electron chi connectivity index (χ2n) is 6.74. The number of nitrogens with one attached hydrogen (secondary N) is 1. The van der Waals surface area contributed by atoms with Crippen LogP contribution in [0.3, 0.4) is 0 Å². The van der Waals surface area contributed by atoms with Crippen LogP contribution >= 0.6 is 0 Å². The molecule has 4 heteroatoms. The molecule has 0 aromatic carbocycles. The number of carbonyl (C=O) groups excluding carboxylic acids is 1. The Bertz CT molecular complexity index is 332. The van der Waals surface area contributed by atoms with Gasteiger partial charge in [0.25, 0.3) is 0 Å². The third kappa shape index (κ3) is 2.00. The van der Waals surface area contributed by atoms with Crippen LogP contribution in [0.15, 0.2) is 0 Å². The Hall–Kier alpha value is -0.770. The summed E-state index contributed by atoms with van der Waals surface area (Å²) in [6.07, 6.45) is 7.27. The van der Waals surface area contributed by atoms with E-state index in [0.29, 0.717) is 6.04 Å². The normalized spacial score (nSPS) is 35.1. The predicted molar refractivity (Wildman–Crippen MR) is 71.5 cm³/mol. The fraction of sp³-hybridized carbons (Fsp3) is 0.929. The van der Waals surface area contributed by atoms with E-state index in [-0.39, 0.29) is 11.6 Å². The fourth-order valence-electron chi connectivity index (χ4n) is 3.75. The van der Waals surface area contributed by atoms with Crippen LogP contribution in [0.5, 0.6) is 0 Å². The molecule has 18 heavy (non-hydrogen) atoms. The van der Waals surface area contributed by atoms with Crippen LogP contribution in [0, 0.1) is 5.92 Å². The first-order chi connectivity index (χ1) is 8.59. The van der Waals surface area contributed by atoms with Crippen molar-refractivity contribution in [1.82, 2.24) is 15.1 Å². The molecule has 0 unspecified atom stereocenters. The van der Waals surface area contributed by atoms with Gasteiger partial charge in [0.1, 0.15) is 0 Å². The highest BCUT2D eigenvalue weighted by Gasteiger charge is 2.55. The molecule has 1 N–H and O–H groups in total. The quantitative estimate of drug-likeness (QED) is 0.828. The van der Waals surface area contributed by atoms with E-state index in [1.807, 2.05) is 0 Å². The van der Waals surface area contributed by atoms with E-state index in [1.54, 1.807) is 0 Å². The molecule has 0 radical (unpaired) electrons. The Kier molecular flexibility index (Phi) is 3.00. The molecule has 1 aliphatic heterocycles. The van der Waals surface area contributed by atoms with Gasteiger partial charge >= 0.3 is 6.03 Å². The molecular formula is C14H25N3O. The largest absolute Gasteiger partial charge is 0.335 e. The van der Waals surface area contributed by atoms with Crippen LogP contribution in [-0.2, 0) is 0 Å². The zero-order valence-corrected chi connectivity index (χ0v) is 11.6. The summed E-state index contributed by atoms with van der Waals surface area (Å²) < 4.78 is 0. The summed E-state index contributed by atoms with van der Waals surface area (Å²) in [7, 11) is 4.26. The fourth-order valence-corrected chi connectivity index (χ4v) is 3.75. The van der Waals surface area contributed by atoms with Crippen molar-refractivity contribution in [3.05, 3.63) is 0 Å². The first-order valence-electron chi connectivity index (χ1n) is 7.32. The Morgan fingerprint density at radius 3 is 2.56 bits per heavy atom. The smallest absolute Gasteiger partial charge is 0.318 e. The number of nitrogens with zero attached hydrogens (tertiary/aromatic N) is 2. The highest BCUT2D eigenvalue weighted by molar-refractivity contribution is 5.76. The zero-order chi connectivity index (χ0) is 12.8. The lowest BCUT2D eigenvalue weighted by atomic mass is 9.61. The van der Waals surface area contributed by atoms with E-state index >= 15 is 0 Å².